The van der Waals surface area contributed by atoms with Crippen molar-refractivity contribution in [1.82, 2.24) is 19.1 Å². The van der Waals surface area contributed by atoms with Crippen LogP contribution in [0.1, 0.15) is 83.1 Å². The molecule has 4 nitrogen and oxygen atoms in total. The molecule has 1 rings (SSSR count). The van der Waals surface area contributed by atoms with Crippen LogP contribution in [0.25, 0.3) is 0 Å². The molecule has 1 aliphatic heterocycles. The molecule has 6 heteroatoms. The Labute approximate surface area is 141 Å². The van der Waals surface area contributed by atoms with Crippen molar-refractivity contribution in [3.63, 3.8) is 0 Å². The Morgan fingerprint density at radius 2 is 0.727 bits per heavy atom. The topological polar surface area (TPSA) is 30.5 Å². The van der Waals surface area contributed by atoms with Crippen molar-refractivity contribution in [3.05, 3.63) is 0 Å². The molecule has 0 aliphatic carbocycles. The molecule has 0 saturated carbocycles. The maximum Gasteiger partial charge on any atom is 0.130 e. The second-order valence-electron chi connectivity index (χ2n) is 10.2. The average Bonchev–Trinajstić information content (AvgIpc) is 2.04. The van der Waals surface area contributed by atoms with Gasteiger partial charge in [0.25, 0.3) is 0 Å². The standard InChI is InChI=1S/C16H38N4P2/c1-13(2,3)17-21-19(15(7,8)9)22(18-14(4,5)6)20(21)16(10,11)12/h17-18H,1-12H3. The van der Waals surface area contributed by atoms with Crippen LogP contribution in [0.5, 0.6) is 0 Å². The van der Waals surface area contributed by atoms with Gasteiger partial charge in [0.15, 0.2) is 0 Å². The SMILES string of the molecule is CC(C)(C)NP1N(C(C)(C)C)P(NC(C)(C)C)N1C(C)(C)C. The van der Waals surface area contributed by atoms with Crippen LogP contribution in [0, 0.1) is 0 Å². The maximum absolute atomic E-state index is 3.88. The van der Waals surface area contributed by atoms with Gasteiger partial charge in [0, 0.05) is 22.2 Å². The molecule has 0 aromatic heterocycles. The molecular weight excluding hydrogens is 310 g/mol. The van der Waals surface area contributed by atoms with Gasteiger partial charge in [-0.05, 0) is 83.1 Å². The lowest BCUT2D eigenvalue weighted by Gasteiger charge is -2.66. The third-order valence-corrected chi connectivity index (χ3v) is 10.4. The number of rotatable bonds is 2. The Bertz CT molecular complexity index is 339. The average molecular weight is 348 g/mol. The highest BCUT2D eigenvalue weighted by atomic mass is 31.3. The van der Waals surface area contributed by atoms with Crippen molar-refractivity contribution >= 4 is 16.7 Å². The fourth-order valence-corrected chi connectivity index (χ4v) is 8.65. The second-order valence-corrected chi connectivity index (χ2v) is 14.1. The Balaban J connectivity index is 3.16. The molecule has 0 spiro atoms. The van der Waals surface area contributed by atoms with E-state index in [1.54, 1.807) is 0 Å². The summed E-state index contributed by atoms with van der Waals surface area (Å²) in [7, 11) is -0.996. The molecule has 1 heterocycles. The number of nitrogens with one attached hydrogen (secondary N) is 2. The summed E-state index contributed by atoms with van der Waals surface area (Å²) in [6.45, 7) is 27.5. The highest BCUT2D eigenvalue weighted by molar-refractivity contribution is 7.80. The molecule has 0 amide bonds. The molecule has 0 radical (unpaired) electrons. The Morgan fingerprint density at radius 3 is 0.864 bits per heavy atom. The van der Waals surface area contributed by atoms with E-state index in [4.69, 9.17) is 0 Å². The molecular formula is C16H38N4P2. The van der Waals surface area contributed by atoms with E-state index in [2.05, 4.69) is 102 Å². The van der Waals surface area contributed by atoms with Crippen molar-refractivity contribution in [3.8, 4) is 0 Å². The van der Waals surface area contributed by atoms with Gasteiger partial charge in [-0.15, -0.1) is 0 Å². The minimum absolute atomic E-state index is 0.113. The first-order valence-electron chi connectivity index (χ1n) is 8.19. The monoisotopic (exact) mass is 348 g/mol. The van der Waals surface area contributed by atoms with E-state index >= 15 is 0 Å². The lowest BCUT2D eigenvalue weighted by atomic mass is 10.1. The van der Waals surface area contributed by atoms with E-state index in [-0.39, 0.29) is 22.2 Å². The highest BCUT2D eigenvalue weighted by Crippen LogP contribution is 2.78. The van der Waals surface area contributed by atoms with E-state index < -0.39 is 16.7 Å². The van der Waals surface area contributed by atoms with Crippen LogP contribution in [-0.4, -0.2) is 31.0 Å². The van der Waals surface area contributed by atoms with E-state index in [9.17, 15) is 0 Å². The Kier molecular flexibility index (Phi) is 5.85. The summed E-state index contributed by atoms with van der Waals surface area (Å²) in [5, 5.41) is 7.75. The molecule has 0 aromatic rings. The minimum Gasteiger partial charge on any atom is -0.265 e. The van der Waals surface area contributed by atoms with Gasteiger partial charge >= 0.3 is 0 Å². The Morgan fingerprint density at radius 1 is 0.500 bits per heavy atom. The molecule has 0 aromatic carbocycles. The van der Waals surface area contributed by atoms with Crippen LogP contribution in [0.4, 0.5) is 0 Å². The van der Waals surface area contributed by atoms with Crippen LogP contribution in [0.2, 0.25) is 0 Å². The van der Waals surface area contributed by atoms with Gasteiger partial charge in [0.2, 0.25) is 0 Å². The largest absolute Gasteiger partial charge is 0.265 e. The van der Waals surface area contributed by atoms with E-state index in [0.29, 0.717) is 0 Å². The molecule has 0 atom stereocenters. The predicted molar refractivity (Wildman–Crippen MR) is 103 cm³/mol. The lowest BCUT2D eigenvalue weighted by Crippen LogP contribution is -2.61. The van der Waals surface area contributed by atoms with Crippen LogP contribution < -0.4 is 10.2 Å². The van der Waals surface area contributed by atoms with Crippen molar-refractivity contribution in [1.29, 1.82) is 0 Å². The van der Waals surface area contributed by atoms with Crippen LogP contribution in [0.3, 0.4) is 0 Å². The molecule has 1 saturated heterocycles. The highest BCUT2D eigenvalue weighted by Gasteiger charge is 2.57. The maximum atomic E-state index is 3.88. The molecule has 1 aliphatic rings. The number of hydrogen-bond donors (Lipinski definition) is 2. The van der Waals surface area contributed by atoms with Gasteiger partial charge in [0.1, 0.15) is 16.7 Å². The predicted octanol–water partition coefficient (Wildman–Crippen LogP) is 5.43. The van der Waals surface area contributed by atoms with Crippen molar-refractivity contribution in [2.75, 3.05) is 0 Å². The molecule has 132 valence electrons. The minimum atomic E-state index is -0.498. The summed E-state index contributed by atoms with van der Waals surface area (Å²) in [6.07, 6.45) is 0. The third-order valence-electron chi connectivity index (χ3n) is 2.79. The second kappa shape index (κ2) is 6.21. The fourth-order valence-electron chi connectivity index (χ4n) is 2.22. The molecule has 22 heavy (non-hydrogen) atoms. The van der Waals surface area contributed by atoms with Crippen molar-refractivity contribution in [2.24, 2.45) is 0 Å². The molecule has 0 unspecified atom stereocenters. The van der Waals surface area contributed by atoms with E-state index in [1.165, 1.54) is 0 Å². The summed E-state index contributed by atoms with van der Waals surface area (Å²) in [5.41, 5.74) is 0.523. The molecule has 1 fully saturated rings. The van der Waals surface area contributed by atoms with E-state index in [0.717, 1.165) is 0 Å². The van der Waals surface area contributed by atoms with Crippen molar-refractivity contribution < 1.29 is 0 Å². The summed E-state index contributed by atoms with van der Waals surface area (Å²) in [4.78, 5) is 0. The molecule has 0 bridgehead atoms. The van der Waals surface area contributed by atoms with Crippen LogP contribution in [0.15, 0.2) is 0 Å². The first-order valence-corrected chi connectivity index (χ1v) is 10.7. The molecule has 2 N–H and O–H groups in total. The zero-order valence-corrected chi connectivity index (χ0v) is 18.6. The van der Waals surface area contributed by atoms with Gasteiger partial charge in [-0.3, -0.25) is 10.2 Å². The first kappa shape index (κ1) is 20.7. The summed E-state index contributed by atoms with van der Waals surface area (Å²) < 4.78 is 5.36. The van der Waals surface area contributed by atoms with Crippen LogP contribution in [-0.2, 0) is 0 Å². The van der Waals surface area contributed by atoms with Crippen LogP contribution >= 0.6 is 16.7 Å². The Hall–Kier alpha value is 0.700. The first-order chi connectivity index (χ1) is 9.43. The smallest absolute Gasteiger partial charge is 0.130 e. The lowest BCUT2D eigenvalue weighted by molar-refractivity contribution is 0.260. The summed E-state index contributed by atoms with van der Waals surface area (Å²) >= 11 is 0. The van der Waals surface area contributed by atoms with Gasteiger partial charge in [-0.2, -0.15) is 0 Å². The van der Waals surface area contributed by atoms with Gasteiger partial charge in [-0.1, -0.05) is 0 Å². The van der Waals surface area contributed by atoms with Crippen molar-refractivity contribution in [2.45, 2.75) is 105 Å². The third kappa shape index (κ3) is 5.36. The zero-order valence-electron chi connectivity index (χ0n) is 16.8. The van der Waals surface area contributed by atoms with E-state index in [1.807, 2.05) is 0 Å². The van der Waals surface area contributed by atoms with Gasteiger partial charge < -0.3 is 0 Å². The summed E-state index contributed by atoms with van der Waals surface area (Å²) in [6, 6.07) is 0. The normalized spacial score (nSPS) is 26.2. The van der Waals surface area contributed by atoms with Gasteiger partial charge in [0.05, 0.1) is 0 Å². The number of nitrogens with zero attached hydrogens (tertiary/aromatic N) is 2. The summed E-state index contributed by atoms with van der Waals surface area (Å²) in [5.74, 6) is 0. The van der Waals surface area contributed by atoms with Gasteiger partial charge in [-0.25, -0.2) is 8.88 Å². The quantitative estimate of drug-likeness (QED) is 0.651. The zero-order chi connectivity index (χ0) is 17.7. The number of hydrogen-bond acceptors (Lipinski definition) is 4. The fraction of sp³-hybridized carbons (Fsp3) is 1.00.